The molecule has 0 saturated carbocycles. The van der Waals surface area contributed by atoms with Gasteiger partial charge in [0, 0.05) is 36.9 Å². The van der Waals surface area contributed by atoms with E-state index in [1.54, 1.807) is 7.11 Å². The van der Waals surface area contributed by atoms with E-state index in [9.17, 15) is 0 Å². The van der Waals surface area contributed by atoms with Gasteiger partial charge in [-0.1, -0.05) is 6.07 Å². The zero-order valence-corrected chi connectivity index (χ0v) is 11.2. The van der Waals surface area contributed by atoms with E-state index in [0.717, 1.165) is 25.4 Å². The highest BCUT2D eigenvalue weighted by molar-refractivity contribution is 5.59. The molecule has 0 unspecified atom stereocenters. The van der Waals surface area contributed by atoms with E-state index >= 15 is 0 Å². The average Bonchev–Trinajstić information content (AvgIpc) is 2.49. The van der Waals surface area contributed by atoms with Gasteiger partial charge in [0.2, 0.25) is 0 Å². The zero-order chi connectivity index (χ0) is 12.5. The molecule has 1 aromatic rings. The van der Waals surface area contributed by atoms with Gasteiger partial charge in [-0.2, -0.15) is 0 Å². The van der Waals surface area contributed by atoms with E-state index in [4.69, 9.17) is 4.74 Å². The summed E-state index contributed by atoms with van der Waals surface area (Å²) in [5.41, 5.74) is 2.77. The predicted molar refractivity (Wildman–Crippen MR) is 71.8 cm³/mol. The molecule has 0 aromatic heterocycles. The Morgan fingerprint density at radius 2 is 2.06 bits per heavy atom. The van der Waals surface area contributed by atoms with E-state index in [1.807, 2.05) is 6.07 Å². The quantitative estimate of drug-likeness (QED) is 0.807. The zero-order valence-electron chi connectivity index (χ0n) is 11.2. The average molecular weight is 234 g/mol. The third-order valence-electron chi connectivity index (χ3n) is 3.22. The normalized spacial score (nSPS) is 16.4. The number of nitrogens with one attached hydrogen (secondary N) is 1. The van der Waals surface area contributed by atoms with Crippen molar-refractivity contribution >= 4 is 5.69 Å². The Morgan fingerprint density at radius 1 is 1.29 bits per heavy atom. The lowest BCUT2D eigenvalue weighted by molar-refractivity contribution is 0.414. The molecule has 94 valence electrons. The van der Waals surface area contributed by atoms with Crippen LogP contribution >= 0.6 is 0 Å². The molecule has 0 aliphatic carbocycles. The van der Waals surface area contributed by atoms with Crippen LogP contribution in [-0.4, -0.2) is 25.7 Å². The van der Waals surface area contributed by atoms with Crippen LogP contribution in [0.5, 0.6) is 5.75 Å². The molecule has 0 saturated heterocycles. The lowest BCUT2D eigenvalue weighted by atomic mass is 10.0. The van der Waals surface area contributed by atoms with Crippen molar-refractivity contribution in [2.45, 2.75) is 32.9 Å². The Labute approximate surface area is 104 Å². The van der Waals surface area contributed by atoms with Crippen molar-refractivity contribution in [2.24, 2.45) is 0 Å². The number of methoxy groups -OCH3 is 1. The smallest absolute Gasteiger partial charge is 0.120 e. The third kappa shape index (κ3) is 2.55. The summed E-state index contributed by atoms with van der Waals surface area (Å²) in [5, 5.41) is 3.46. The van der Waals surface area contributed by atoms with Gasteiger partial charge in [-0.25, -0.2) is 0 Å². The highest BCUT2D eigenvalue weighted by Crippen LogP contribution is 2.31. The summed E-state index contributed by atoms with van der Waals surface area (Å²) < 4.78 is 5.34. The lowest BCUT2D eigenvalue weighted by Crippen LogP contribution is -2.43. The number of fused-ring (bicyclic) bond motifs is 1. The van der Waals surface area contributed by atoms with E-state index in [1.165, 1.54) is 11.3 Å². The molecule has 0 spiro atoms. The van der Waals surface area contributed by atoms with Crippen LogP contribution < -0.4 is 15.0 Å². The standard InChI is InChI=1S/C14H22N2O/c1-14(2,3)16-8-7-15-10-11-5-6-12(17-4)9-13(11)16/h5-6,9,15H,7-8,10H2,1-4H3. The third-order valence-corrected chi connectivity index (χ3v) is 3.22. The van der Waals surface area contributed by atoms with Crippen molar-refractivity contribution in [3.8, 4) is 5.75 Å². The minimum absolute atomic E-state index is 0.132. The SMILES string of the molecule is COc1ccc2c(c1)N(C(C)(C)C)CCNC2. The second kappa shape index (κ2) is 4.57. The van der Waals surface area contributed by atoms with Gasteiger partial charge in [-0.3, -0.25) is 0 Å². The van der Waals surface area contributed by atoms with Crippen molar-refractivity contribution in [3.63, 3.8) is 0 Å². The summed E-state index contributed by atoms with van der Waals surface area (Å²) >= 11 is 0. The maximum atomic E-state index is 5.34. The Kier molecular flexibility index (Phi) is 3.29. The van der Waals surface area contributed by atoms with Gasteiger partial charge < -0.3 is 15.0 Å². The van der Waals surface area contributed by atoms with Crippen molar-refractivity contribution in [3.05, 3.63) is 23.8 Å². The number of rotatable bonds is 1. The summed E-state index contributed by atoms with van der Waals surface area (Å²) in [4.78, 5) is 2.45. The second-order valence-corrected chi connectivity index (χ2v) is 5.49. The van der Waals surface area contributed by atoms with Gasteiger partial charge in [0.05, 0.1) is 7.11 Å². The number of hydrogen-bond acceptors (Lipinski definition) is 3. The molecule has 0 atom stereocenters. The Balaban J connectivity index is 2.46. The minimum Gasteiger partial charge on any atom is -0.497 e. The molecule has 3 nitrogen and oxygen atoms in total. The summed E-state index contributed by atoms with van der Waals surface area (Å²) in [6.07, 6.45) is 0. The number of nitrogens with zero attached hydrogens (tertiary/aromatic N) is 1. The van der Waals surface area contributed by atoms with E-state index in [-0.39, 0.29) is 5.54 Å². The molecular weight excluding hydrogens is 212 g/mol. The van der Waals surface area contributed by atoms with Crippen LogP contribution in [0.15, 0.2) is 18.2 Å². The Bertz CT molecular complexity index is 396. The summed E-state index contributed by atoms with van der Waals surface area (Å²) in [6.45, 7) is 9.74. The molecule has 1 heterocycles. The second-order valence-electron chi connectivity index (χ2n) is 5.49. The topological polar surface area (TPSA) is 24.5 Å². The molecule has 17 heavy (non-hydrogen) atoms. The molecule has 1 N–H and O–H groups in total. The van der Waals surface area contributed by atoms with Crippen molar-refractivity contribution in [2.75, 3.05) is 25.1 Å². The number of benzene rings is 1. The molecule has 3 heteroatoms. The van der Waals surface area contributed by atoms with E-state index in [2.05, 4.69) is 43.1 Å². The monoisotopic (exact) mass is 234 g/mol. The van der Waals surface area contributed by atoms with E-state index < -0.39 is 0 Å². The van der Waals surface area contributed by atoms with Crippen LogP contribution in [0.3, 0.4) is 0 Å². The van der Waals surface area contributed by atoms with E-state index in [0.29, 0.717) is 0 Å². The van der Waals surface area contributed by atoms with Crippen molar-refractivity contribution in [1.29, 1.82) is 0 Å². The summed E-state index contributed by atoms with van der Waals surface area (Å²) in [5.74, 6) is 0.930. The number of hydrogen-bond donors (Lipinski definition) is 1. The molecule has 2 rings (SSSR count). The lowest BCUT2D eigenvalue weighted by Gasteiger charge is -2.37. The maximum absolute atomic E-state index is 5.34. The highest BCUT2D eigenvalue weighted by atomic mass is 16.5. The Morgan fingerprint density at radius 3 is 2.71 bits per heavy atom. The molecule has 0 amide bonds. The first-order valence-corrected chi connectivity index (χ1v) is 6.17. The molecule has 1 aliphatic rings. The molecule has 1 aliphatic heterocycles. The first kappa shape index (κ1) is 12.2. The minimum atomic E-state index is 0.132. The fourth-order valence-electron chi connectivity index (χ4n) is 2.30. The van der Waals surface area contributed by atoms with Gasteiger partial charge in [-0.15, -0.1) is 0 Å². The predicted octanol–water partition coefficient (Wildman–Crippen LogP) is 2.40. The molecule has 0 radical (unpaired) electrons. The van der Waals surface area contributed by atoms with Crippen LogP contribution in [-0.2, 0) is 6.54 Å². The number of anilines is 1. The highest BCUT2D eigenvalue weighted by Gasteiger charge is 2.25. The van der Waals surface area contributed by atoms with Crippen LogP contribution in [0.1, 0.15) is 26.3 Å². The van der Waals surface area contributed by atoms with Gasteiger partial charge in [0.1, 0.15) is 5.75 Å². The van der Waals surface area contributed by atoms with Gasteiger partial charge in [-0.05, 0) is 32.4 Å². The van der Waals surface area contributed by atoms with Gasteiger partial charge in [0.25, 0.3) is 0 Å². The van der Waals surface area contributed by atoms with Crippen LogP contribution in [0.4, 0.5) is 5.69 Å². The first-order chi connectivity index (χ1) is 8.02. The molecular formula is C14H22N2O. The van der Waals surface area contributed by atoms with Crippen molar-refractivity contribution in [1.82, 2.24) is 5.32 Å². The van der Waals surface area contributed by atoms with Crippen LogP contribution in [0.25, 0.3) is 0 Å². The first-order valence-electron chi connectivity index (χ1n) is 6.17. The van der Waals surface area contributed by atoms with Gasteiger partial charge >= 0.3 is 0 Å². The molecule has 1 aromatic carbocycles. The van der Waals surface area contributed by atoms with Crippen LogP contribution in [0, 0.1) is 0 Å². The largest absolute Gasteiger partial charge is 0.497 e. The molecule has 0 fully saturated rings. The Hall–Kier alpha value is -1.22. The van der Waals surface area contributed by atoms with Gasteiger partial charge in [0.15, 0.2) is 0 Å². The summed E-state index contributed by atoms with van der Waals surface area (Å²) in [7, 11) is 1.72. The fourth-order valence-corrected chi connectivity index (χ4v) is 2.30. The van der Waals surface area contributed by atoms with Crippen LogP contribution in [0.2, 0.25) is 0 Å². The maximum Gasteiger partial charge on any atom is 0.120 e. The fraction of sp³-hybridized carbons (Fsp3) is 0.571. The number of ether oxygens (including phenoxy) is 1. The summed E-state index contributed by atoms with van der Waals surface area (Å²) in [6, 6.07) is 6.34. The molecule has 0 bridgehead atoms. The van der Waals surface area contributed by atoms with Crippen molar-refractivity contribution < 1.29 is 4.74 Å².